The van der Waals surface area contributed by atoms with Gasteiger partial charge < -0.3 is 0 Å². The summed E-state index contributed by atoms with van der Waals surface area (Å²) in [7, 11) is 2.38. The molecule has 0 saturated heterocycles. The molecule has 0 aromatic heterocycles. The van der Waals surface area contributed by atoms with Gasteiger partial charge in [0.25, 0.3) is 0 Å². The van der Waals surface area contributed by atoms with Crippen LogP contribution in [0.5, 0.6) is 0 Å². The van der Waals surface area contributed by atoms with Crippen molar-refractivity contribution in [2.75, 3.05) is 0 Å². The van der Waals surface area contributed by atoms with E-state index in [0.29, 0.717) is 0 Å². The van der Waals surface area contributed by atoms with Crippen LogP contribution < -0.4 is 0 Å². The van der Waals surface area contributed by atoms with E-state index in [1.54, 1.807) is 0 Å². The minimum atomic E-state index is 0.838. The molecule has 0 bridgehead atoms. The molecule has 0 nitrogen and oxygen atoms in total. The largest absolute Gasteiger partial charge is 0.112 e. The summed E-state index contributed by atoms with van der Waals surface area (Å²) in [4.78, 5) is 0. The van der Waals surface area contributed by atoms with Gasteiger partial charge in [-0.1, -0.05) is 59.6 Å². The van der Waals surface area contributed by atoms with E-state index in [9.17, 15) is 0 Å². The Morgan fingerprint density at radius 3 is 2.00 bits per heavy atom. The molecule has 0 aromatic rings. The maximum absolute atomic E-state index is 2.38. The first-order valence-corrected chi connectivity index (χ1v) is 4.64. The third-order valence-electron chi connectivity index (χ3n) is 1.38. The van der Waals surface area contributed by atoms with Crippen molar-refractivity contribution in [1.29, 1.82) is 0 Å². The standard InChI is InChI=1S/C7H16B.C2H6/c1-4-6-7(3)8-5-2;1-2/h7H,4-6H2,1-3H3;1-2H3. The minimum Gasteiger partial charge on any atom is -0.0827 e. The Morgan fingerprint density at radius 1 is 1.20 bits per heavy atom. The monoisotopic (exact) mass is 141 g/mol. The summed E-state index contributed by atoms with van der Waals surface area (Å²) in [5, 5.41) is 0. The Hall–Kier alpha value is 0.0649. The SMILES string of the molecule is CC.CC[B]C(C)CCC. The zero-order valence-electron chi connectivity index (χ0n) is 8.28. The van der Waals surface area contributed by atoms with Crippen LogP contribution in [0.25, 0.3) is 0 Å². The summed E-state index contributed by atoms with van der Waals surface area (Å²) in [6.07, 6.45) is 3.90. The molecule has 0 aliphatic carbocycles. The number of hydrogen-bond acceptors (Lipinski definition) is 0. The van der Waals surface area contributed by atoms with Crippen LogP contribution in [0, 0.1) is 0 Å². The molecule has 1 heteroatoms. The summed E-state index contributed by atoms with van der Waals surface area (Å²) < 4.78 is 0. The molecule has 1 atom stereocenters. The van der Waals surface area contributed by atoms with Crippen LogP contribution in [-0.2, 0) is 0 Å². The second-order valence-electron chi connectivity index (χ2n) is 2.41. The topological polar surface area (TPSA) is 0 Å². The summed E-state index contributed by atoms with van der Waals surface area (Å²) in [6.45, 7) is 10.7. The highest BCUT2D eigenvalue weighted by Gasteiger charge is 1.97. The quantitative estimate of drug-likeness (QED) is 0.523. The lowest BCUT2D eigenvalue weighted by molar-refractivity contribution is 0.760. The van der Waals surface area contributed by atoms with Crippen molar-refractivity contribution >= 4 is 7.28 Å². The smallest absolute Gasteiger partial charge is 0.0827 e. The second-order valence-corrected chi connectivity index (χ2v) is 2.41. The van der Waals surface area contributed by atoms with Gasteiger partial charge in [0.15, 0.2) is 0 Å². The Bertz CT molecular complexity index is 38.0. The lowest BCUT2D eigenvalue weighted by atomic mass is 9.62. The summed E-state index contributed by atoms with van der Waals surface area (Å²) in [5.41, 5.74) is 0. The van der Waals surface area contributed by atoms with Gasteiger partial charge in [-0.15, -0.1) is 0 Å². The van der Waals surface area contributed by atoms with Gasteiger partial charge >= 0.3 is 0 Å². The van der Waals surface area contributed by atoms with E-state index >= 15 is 0 Å². The molecule has 0 N–H and O–H groups in total. The first-order valence-electron chi connectivity index (χ1n) is 4.64. The van der Waals surface area contributed by atoms with Crippen molar-refractivity contribution in [3.05, 3.63) is 0 Å². The van der Waals surface area contributed by atoms with Crippen LogP contribution >= 0.6 is 0 Å². The molecule has 0 spiro atoms. The maximum Gasteiger partial charge on any atom is 0.112 e. The van der Waals surface area contributed by atoms with Gasteiger partial charge in [-0.2, -0.15) is 0 Å². The zero-order valence-corrected chi connectivity index (χ0v) is 8.28. The first kappa shape index (κ1) is 12.7. The molecular weight excluding hydrogens is 119 g/mol. The van der Waals surface area contributed by atoms with Crippen molar-refractivity contribution < 1.29 is 0 Å². The van der Waals surface area contributed by atoms with Crippen molar-refractivity contribution in [1.82, 2.24) is 0 Å². The molecule has 0 fully saturated rings. The third kappa shape index (κ3) is 10.9. The van der Waals surface area contributed by atoms with E-state index in [1.807, 2.05) is 13.8 Å². The van der Waals surface area contributed by atoms with Gasteiger partial charge in [-0.05, 0) is 0 Å². The molecule has 61 valence electrons. The fraction of sp³-hybridized carbons (Fsp3) is 1.00. The Labute approximate surface area is 67.7 Å². The van der Waals surface area contributed by atoms with Crippen molar-refractivity contribution in [2.24, 2.45) is 0 Å². The average Bonchev–Trinajstić information content (AvgIpc) is 1.93. The average molecular weight is 141 g/mol. The third-order valence-corrected chi connectivity index (χ3v) is 1.38. The normalized spacial score (nSPS) is 11.3. The first-order chi connectivity index (χ1) is 4.81. The summed E-state index contributed by atoms with van der Waals surface area (Å²) in [6, 6.07) is 0. The minimum absolute atomic E-state index is 0.838. The summed E-state index contributed by atoms with van der Waals surface area (Å²) in [5.74, 6) is 0.838. The van der Waals surface area contributed by atoms with Gasteiger partial charge in [0, 0.05) is 0 Å². The zero-order chi connectivity index (χ0) is 8.41. The van der Waals surface area contributed by atoms with Crippen LogP contribution in [0.2, 0.25) is 12.1 Å². The van der Waals surface area contributed by atoms with E-state index < -0.39 is 0 Å². The predicted molar refractivity (Wildman–Crippen MR) is 51.9 cm³/mol. The fourth-order valence-electron chi connectivity index (χ4n) is 0.976. The molecule has 0 heterocycles. The molecule has 0 rings (SSSR count). The lowest BCUT2D eigenvalue weighted by Crippen LogP contribution is -1.95. The molecule has 0 amide bonds. The molecule has 0 saturated carbocycles. The number of rotatable bonds is 4. The lowest BCUT2D eigenvalue weighted by Gasteiger charge is -2.04. The highest BCUT2D eigenvalue weighted by atomic mass is 13.9. The van der Waals surface area contributed by atoms with Gasteiger partial charge in [-0.25, -0.2) is 0 Å². The highest BCUT2D eigenvalue weighted by Crippen LogP contribution is 2.10. The second kappa shape index (κ2) is 11.8. The molecule has 0 aliphatic heterocycles. The van der Waals surface area contributed by atoms with Crippen LogP contribution in [0.1, 0.15) is 47.5 Å². The summed E-state index contributed by atoms with van der Waals surface area (Å²) >= 11 is 0. The molecule has 10 heavy (non-hydrogen) atoms. The van der Waals surface area contributed by atoms with Gasteiger partial charge in [-0.3, -0.25) is 0 Å². The highest BCUT2D eigenvalue weighted by molar-refractivity contribution is 6.37. The van der Waals surface area contributed by atoms with E-state index in [1.165, 1.54) is 19.2 Å². The van der Waals surface area contributed by atoms with Gasteiger partial charge in [0.2, 0.25) is 0 Å². The molecule has 1 radical (unpaired) electrons. The van der Waals surface area contributed by atoms with Gasteiger partial charge in [0.1, 0.15) is 7.28 Å². The maximum atomic E-state index is 2.38. The van der Waals surface area contributed by atoms with E-state index in [4.69, 9.17) is 0 Å². The molecular formula is C9H22B. The Morgan fingerprint density at radius 2 is 1.70 bits per heavy atom. The van der Waals surface area contributed by atoms with Crippen LogP contribution in [0.4, 0.5) is 0 Å². The van der Waals surface area contributed by atoms with Crippen molar-refractivity contribution in [3.8, 4) is 0 Å². The number of hydrogen-bond donors (Lipinski definition) is 0. The molecule has 1 unspecified atom stereocenters. The van der Waals surface area contributed by atoms with Gasteiger partial charge in [0.05, 0.1) is 0 Å². The molecule has 0 aliphatic rings. The van der Waals surface area contributed by atoms with Crippen LogP contribution in [-0.4, -0.2) is 7.28 Å². The Balaban J connectivity index is 0. The van der Waals surface area contributed by atoms with Crippen LogP contribution in [0.15, 0.2) is 0 Å². The van der Waals surface area contributed by atoms with E-state index in [0.717, 1.165) is 5.82 Å². The van der Waals surface area contributed by atoms with Crippen molar-refractivity contribution in [3.63, 3.8) is 0 Å². The van der Waals surface area contributed by atoms with E-state index in [2.05, 4.69) is 28.1 Å². The van der Waals surface area contributed by atoms with Crippen LogP contribution in [0.3, 0.4) is 0 Å². The van der Waals surface area contributed by atoms with Crippen molar-refractivity contribution in [2.45, 2.75) is 59.6 Å². The van der Waals surface area contributed by atoms with E-state index in [-0.39, 0.29) is 0 Å². The Kier molecular flexibility index (Phi) is 15.0. The molecule has 0 aromatic carbocycles. The fourth-order valence-corrected chi connectivity index (χ4v) is 0.976. The predicted octanol–water partition coefficient (Wildman–Crippen LogP) is 3.76.